The minimum absolute atomic E-state index is 0.142. The van der Waals surface area contributed by atoms with Gasteiger partial charge in [-0.15, -0.1) is 5.10 Å². The summed E-state index contributed by atoms with van der Waals surface area (Å²) in [4.78, 5) is 0.599. The van der Waals surface area contributed by atoms with E-state index in [4.69, 9.17) is 0 Å². The number of halogens is 2. The van der Waals surface area contributed by atoms with Crippen molar-refractivity contribution in [2.75, 3.05) is 0 Å². The van der Waals surface area contributed by atoms with Crippen molar-refractivity contribution >= 4 is 27.5 Å². The molecule has 0 fully saturated rings. The van der Waals surface area contributed by atoms with Gasteiger partial charge in [-0.3, -0.25) is 0 Å². The van der Waals surface area contributed by atoms with Gasteiger partial charge in [0.25, 0.3) is 0 Å². The van der Waals surface area contributed by atoms with Crippen LogP contribution in [0.4, 0.5) is 4.39 Å². The van der Waals surface area contributed by atoms with Crippen LogP contribution in [-0.2, 0) is 0 Å². The Bertz CT molecular complexity index is 559. The standard InChI is InChI=1S/C12H12BrFN2OS/c1-6(2)10-12(18-16-15-10)11(17)7-4-3-5-8(13)9(7)14/h3-6,11,17H,1-2H3. The minimum Gasteiger partial charge on any atom is -0.383 e. The molecule has 1 aromatic heterocycles. The van der Waals surface area contributed by atoms with Crippen LogP contribution in [0.1, 0.15) is 42.0 Å². The van der Waals surface area contributed by atoms with Crippen LogP contribution in [0.25, 0.3) is 0 Å². The summed E-state index contributed by atoms with van der Waals surface area (Å²) in [5.74, 6) is -0.309. The average Bonchev–Trinajstić information content (AvgIpc) is 2.81. The van der Waals surface area contributed by atoms with Crippen LogP contribution in [0.3, 0.4) is 0 Å². The number of nitrogens with zero attached hydrogens (tertiary/aromatic N) is 2. The Kier molecular flexibility index (Phi) is 4.09. The highest BCUT2D eigenvalue weighted by Crippen LogP contribution is 2.33. The first-order valence-corrected chi connectivity index (χ1v) is 7.03. The zero-order valence-electron chi connectivity index (χ0n) is 9.89. The molecule has 18 heavy (non-hydrogen) atoms. The molecule has 1 heterocycles. The van der Waals surface area contributed by atoms with Gasteiger partial charge in [0, 0.05) is 5.56 Å². The predicted octanol–water partition coefficient (Wildman–Crippen LogP) is 3.64. The van der Waals surface area contributed by atoms with Gasteiger partial charge in [-0.05, 0) is 39.4 Å². The van der Waals surface area contributed by atoms with E-state index in [1.54, 1.807) is 18.2 Å². The Balaban J connectivity index is 2.45. The molecule has 3 nitrogen and oxygen atoms in total. The Morgan fingerprint density at radius 1 is 1.39 bits per heavy atom. The van der Waals surface area contributed by atoms with Gasteiger partial charge in [0.15, 0.2) is 0 Å². The molecule has 2 aromatic rings. The molecule has 0 aliphatic heterocycles. The second-order valence-corrected chi connectivity index (χ2v) is 5.86. The van der Waals surface area contributed by atoms with E-state index in [1.807, 2.05) is 13.8 Å². The zero-order valence-corrected chi connectivity index (χ0v) is 12.3. The van der Waals surface area contributed by atoms with Crippen LogP contribution >= 0.6 is 27.5 Å². The Morgan fingerprint density at radius 3 is 2.78 bits per heavy atom. The van der Waals surface area contributed by atoms with Gasteiger partial charge in [0.1, 0.15) is 11.9 Å². The maximum Gasteiger partial charge on any atom is 0.143 e. The molecule has 0 saturated carbocycles. The van der Waals surface area contributed by atoms with Crippen LogP contribution in [0.5, 0.6) is 0 Å². The molecule has 1 N–H and O–H groups in total. The number of hydrogen-bond donors (Lipinski definition) is 1. The van der Waals surface area contributed by atoms with E-state index in [0.717, 1.165) is 11.5 Å². The normalized spacial score (nSPS) is 13.0. The van der Waals surface area contributed by atoms with Crippen molar-refractivity contribution in [2.45, 2.75) is 25.9 Å². The van der Waals surface area contributed by atoms with Crippen LogP contribution < -0.4 is 0 Å². The fourth-order valence-electron chi connectivity index (χ4n) is 1.67. The van der Waals surface area contributed by atoms with E-state index in [-0.39, 0.29) is 11.5 Å². The van der Waals surface area contributed by atoms with E-state index in [0.29, 0.717) is 15.0 Å². The number of rotatable bonds is 3. The lowest BCUT2D eigenvalue weighted by Crippen LogP contribution is -2.05. The summed E-state index contributed by atoms with van der Waals surface area (Å²) in [6.45, 7) is 3.93. The zero-order chi connectivity index (χ0) is 13.3. The molecule has 0 radical (unpaired) electrons. The minimum atomic E-state index is -1.03. The molecule has 6 heteroatoms. The molecule has 0 bridgehead atoms. The first kappa shape index (κ1) is 13.6. The molecule has 0 aliphatic rings. The average molecular weight is 331 g/mol. The van der Waals surface area contributed by atoms with Crippen LogP contribution in [0.2, 0.25) is 0 Å². The highest BCUT2D eigenvalue weighted by Gasteiger charge is 2.23. The second-order valence-electron chi connectivity index (χ2n) is 4.22. The number of aliphatic hydroxyl groups is 1. The molecule has 2 rings (SSSR count). The van der Waals surface area contributed by atoms with Gasteiger partial charge < -0.3 is 5.11 Å². The van der Waals surface area contributed by atoms with Gasteiger partial charge >= 0.3 is 0 Å². The summed E-state index contributed by atoms with van der Waals surface area (Å²) in [7, 11) is 0. The van der Waals surface area contributed by atoms with Gasteiger partial charge in [-0.25, -0.2) is 4.39 Å². The number of aliphatic hydroxyl groups excluding tert-OH is 1. The molecular weight excluding hydrogens is 319 g/mol. The van der Waals surface area contributed by atoms with Crippen molar-refractivity contribution in [1.82, 2.24) is 9.59 Å². The van der Waals surface area contributed by atoms with E-state index in [1.165, 1.54) is 0 Å². The van der Waals surface area contributed by atoms with E-state index in [2.05, 4.69) is 25.5 Å². The molecule has 0 spiro atoms. The maximum absolute atomic E-state index is 13.9. The van der Waals surface area contributed by atoms with Gasteiger partial charge in [-0.2, -0.15) is 0 Å². The highest BCUT2D eigenvalue weighted by atomic mass is 79.9. The Hall–Kier alpha value is -0.850. The lowest BCUT2D eigenvalue weighted by Gasteiger charge is -2.13. The number of benzene rings is 1. The molecule has 1 aromatic carbocycles. The van der Waals surface area contributed by atoms with E-state index >= 15 is 0 Å². The number of aromatic nitrogens is 2. The van der Waals surface area contributed by atoms with Crippen molar-refractivity contribution in [1.29, 1.82) is 0 Å². The van der Waals surface area contributed by atoms with Crippen LogP contribution in [-0.4, -0.2) is 14.7 Å². The lowest BCUT2D eigenvalue weighted by atomic mass is 10.0. The third-order valence-electron chi connectivity index (χ3n) is 2.61. The fraction of sp³-hybridized carbons (Fsp3) is 0.333. The van der Waals surface area contributed by atoms with Gasteiger partial charge in [-0.1, -0.05) is 30.5 Å². The van der Waals surface area contributed by atoms with E-state index < -0.39 is 11.9 Å². The summed E-state index contributed by atoms with van der Waals surface area (Å²) >= 11 is 4.21. The summed E-state index contributed by atoms with van der Waals surface area (Å²) < 4.78 is 18.1. The molecule has 0 amide bonds. The van der Waals surface area contributed by atoms with E-state index in [9.17, 15) is 9.50 Å². The van der Waals surface area contributed by atoms with Crippen molar-refractivity contribution in [3.63, 3.8) is 0 Å². The van der Waals surface area contributed by atoms with Crippen molar-refractivity contribution in [3.8, 4) is 0 Å². The van der Waals surface area contributed by atoms with Gasteiger partial charge in [0.2, 0.25) is 0 Å². The third-order valence-corrected chi connectivity index (χ3v) is 4.02. The molecule has 1 unspecified atom stereocenters. The lowest BCUT2D eigenvalue weighted by molar-refractivity contribution is 0.217. The second kappa shape index (κ2) is 5.42. The van der Waals surface area contributed by atoms with Crippen molar-refractivity contribution in [2.24, 2.45) is 0 Å². The SMILES string of the molecule is CC(C)c1nnsc1C(O)c1cccc(Br)c1F. The Labute approximate surface area is 117 Å². The van der Waals surface area contributed by atoms with Crippen molar-refractivity contribution < 1.29 is 9.50 Å². The largest absolute Gasteiger partial charge is 0.383 e. The summed E-state index contributed by atoms with van der Waals surface area (Å²) in [6.07, 6.45) is -1.03. The highest BCUT2D eigenvalue weighted by molar-refractivity contribution is 9.10. The summed E-state index contributed by atoms with van der Waals surface area (Å²) in [6, 6.07) is 4.85. The van der Waals surface area contributed by atoms with Gasteiger partial charge in [0.05, 0.1) is 15.0 Å². The van der Waals surface area contributed by atoms with Crippen molar-refractivity contribution in [3.05, 3.63) is 44.6 Å². The summed E-state index contributed by atoms with van der Waals surface area (Å²) in [5.41, 5.74) is 0.948. The van der Waals surface area contributed by atoms with Crippen LogP contribution in [0, 0.1) is 5.82 Å². The maximum atomic E-state index is 13.9. The molecule has 1 atom stereocenters. The monoisotopic (exact) mass is 330 g/mol. The first-order valence-electron chi connectivity index (χ1n) is 5.46. The molecule has 0 aliphatic carbocycles. The topological polar surface area (TPSA) is 46.0 Å². The number of hydrogen-bond acceptors (Lipinski definition) is 4. The smallest absolute Gasteiger partial charge is 0.143 e. The predicted molar refractivity (Wildman–Crippen MR) is 72.2 cm³/mol. The quantitative estimate of drug-likeness (QED) is 0.934. The first-order chi connectivity index (χ1) is 8.52. The van der Waals surface area contributed by atoms with Crippen LogP contribution in [0.15, 0.2) is 22.7 Å². The Morgan fingerprint density at radius 2 is 2.11 bits per heavy atom. The fourth-order valence-corrected chi connectivity index (χ4v) is 2.86. The third kappa shape index (κ3) is 2.46. The molecule has 0 saturated heterocycles. The molecular formula is C12H12BrFN2OS. The molecule has 96 valence electrons. The summed E-state index contributed by atoms with van der Waals surface area (Å²) in [5, 5.41) is 14.3.